The number of carbonyl (C=O) groups is 3. The lowest BCUT2D eigenvalue weighted by molar-refractivity contribution is -0.119. The fourth-order valence-corrected chi connectivity index (χ4v) is 4.00. The molecule has 1 fully saturated rings. The van der Waals surface area contributed by atoms with Gasteiger partial charge in [-0.05, 0) is 54.6 Å². The van der Waals surface area contributed by atoms with E-state index in [0.29, 0.717) is 29.2 Å². The third-order valence-electron chi connectivity index (χ3n) is 4.68. The van der Waals surface area contributed by atoms with Gasteiger partial charge in [0.05, 0.1) is 11.1 Å². The number of amides is 3. The molecule has 0 bridgehead atoms. The van der Waals surface area contributed by atoms with Crippen molar-refractivity contribution in [3.05, 3.63) is 70.8 Å². The van der Waals surface area contributed by atoms with Crippen LogP contribution in [0.5, 0.6) is 0 Å². The Kier molecular flexibility index (Phi) is 5.44. The van der Waals surface area contributed by atoms with Gasteiger partial charge in [-0.15, -0.1) is 11.3 Å². The first-order chi connectivity index (χ1) is 14.1. The smallest absolute Gasteiger partial charge is 0.291 e. The molecule has 3 aromatic rings. The summed E-state index contributed by atoms with van der Waals surface area (Å²) in [7, 11) is 0. The third-order valence-corrected chi connectivity index (χ3v) is 5.54. The van der Waals surface area contributed by atoms with Crippen LogP contribution in [0.4, 0.5) is 11.4 Å². The number of nitrogens with one attached hydrogen (secondary N) is 2. The van der Waals surface area contributed by atoms with Crippen molar-refractivity contribution in [3.8, 4) is 0 Å². The van der Waals surface area contributed by atoms with Crippen molar-refractivity contribution in [3.63, 3.8) is 0 Å². The van der Waals surface area contributed by atoms with Gasteiger partial charge < -0.3 is 20.0 Å². The highest BCUT2D eigenvalue weighted by Gasteiger charge is 2.34. The summed E-state index contributed by atoms with van der Waals surface area (Å²) < 4.78 is 5.08. The second-order valence-electron chi connectivity index (χ2n) is 6.64. The van der Waals surface area contributed by atoms with Crippen molar-refractivity contribution < 1.29 is 18.8 Å². The van der Waals surface area contributed by atoms with Crippen LogP contribution in [-0.4, -0.2) is 35.2 Å². The van der Waals surface area contributed by atoms with Gasteiger partial charge in [0.15, 0.2) is 5.76 Å². The maximum absolute atomic E-state index is 12.8. The summed E-state index contributed by atoms with van der Waals surface area (Å²) in [6.07, 6.45) is 2.84. The van der Waals surface area contributed by atoms with E-state index in [0.717, 1.165) is 6.42 Å². The van der Waals surface area contributed by atoms with Crippen LogP contribution in [0.15, 0.2) is 64.6 Å². The molecule has 0 spiro atoms. The van der Waals surface area contributed by atoms with Crippen LogP contribution in [0.2, 0.25) is 0 Å². The number of furan rings is 1. The average Bonchev–Trinajstić information content (AvgIpc) is 3.50. The van der Waals surface area contributed by atoms with Crippen LogP contribution >= 0.6 is 11.3 Å². The molecule has 1 aromatic carbocycles. The van der Waals surface area contributed by atoms with E-state index in [1.165, 1.54) is 17.6 Å². The molecule has 4 rings (SSSR count). The van der Waals surface area contributed by atoms with Crippen molar-refractivity contribution in [1.29, 1.82) is 0 Å². The first-order valence-electron chi connectivity index (χ1n) is 9.22. The second kappa shape index (κ2) is 8.32. The lowest BCUT2D eigenvalue weighted by Gasteiger charge is -2.23. The van der Waals surface area contributed by atoms with E-state index in [2.05, 4.69) is 10.6 Å². The molecule has 3 heterocycles. The van der Waals surface area contributed by atoms with Crippen LogP contribution in [0.1, 0.15) is 33.1 Å². The van der Waals surface area contributed by atoms with Crippen LogP contribution in [0.25, 0.3) is 0 Å². The van der Waals surface area contributed by atoms with Gasteiger partial charge in [0, 0.05) is 17.9 Å². The third kappa shape index (κ3) is 4.22. The van der Waals surface area contributed by atoms with Crippen LogP contribution in [0, 0.1) is 0 Å². The predicted octanol–water partition coefficient (Wildman–Crippen LogP) is 3.84. The van der Waals surface area contributed by atoms with Crippen molar-refractivity contribution in [2.45, 2.75) is 18.9 Å². The zero-order valence-electron chi connectivity index (χ0n) is 15.5. The number of likely N-dealkylation sites (tertiary alicyclic amines) is 1. The average molecular weight is 409 g/mol. The second-order valence-corrected chi connectivity index (χ2v) is 7.58. The number of rotatable bonds is 5. The van der Waals surface area contributed by atoms with Gasteiger partial charge in [-0.3, -0.25) is 14.4 Å². The van der Waals surface area contributed by atoms with Gasteiger partial charge in [0.1, 0.15) is 6.04 Å². The molecule has 1 aliphatic heterocycles. The number of carbonyl (C=O) groups excluding carboxylic acids is 3. The Morgan fingerprint density at radius 1 is 1.03 bits per heavy atom. The van der Waals surface area contributed by atoms with E-state index >= 15 is 0 Å². The molecule has 2 N–H and O–H groups in total. The Hall–Kier alpha value is -3.39. The zero-order valence-corrected chi connectivity index (χ0v) is 16.3. The van der Waals surface area contributed by atoms with E-state index in [4.69, 9.17) is 4.42 Å². The number of hydrogen-bond acceptors (Lipinski definition) is 5. The standard InChI is InChI=1S/C21H19N3O4S/c25-19(16-7-2-10-24(16)21(27)18-9-4-12-29-18)22-14-5-1-6-15(13-14)23-20(26)17-8-3-11-28-17/h1,3-6,8-9,11-13,16H,2,7,10H2,(H,22,25)(H,23,26)/t16-/m0/s1. The number of nitrogens with zero attached hydrogens (tertiary/aromatic N) is 1. The van der Waals surface area contributed by atoms with Gasteiger partial charge in [-0.1, -0.05) is 12.1 Å². The highest BCUT2D eigenvalue weighted by Crippen LogP contribution is 2.24. The van der Waals surface area contributed by atoms with E-state index in [1.807, 2.05) is 11.4 Å². The molecule has 29 heavy (non-hydrogen) atoms. The van der Waals surface area contributed by atoms with Crippen LogP contribution < -0.4 is 10.6 Å². The summed E-state index contributed by atoms with van der Waals surface area (Å²) in [5.74, 6) is -0.519. The van der Waals surface area contributed by atoms with E-state index in [9.17, 15) is 14.4 Å². The lowest BCUT2D eigenvalue weighted by Crippen LogP contribution is -2.42. The molecule has 1 saturated heterocycles. The van der Waals surface area contributed by atoms with Gasteiger partial charge in [0.2, 0.25) is 5.91 Å². The molecule has 8 heteroatoms. The minimum Gasteiger partial charge on any atom is -0.459 e. The summed E-state index contributed by atoms with van der Waals surface area (Å²) in [6, 6.07) is 13.1. The molecule has 3 amide bonds. The Balaban J connectivity index is 1.43. The van der Waals surface area contributed by atoms with E-state index in [-0.39, 0.29) is 23.5 Å². The zero-order chi connectivity index (χ0) is 20.2. The van der Waals surface area contributed by atoms with Gasteiger partial charge in [-0.25, -0.2) is 0 Å². The monoisotopic (exact) mass is 409 g/mol. The largest absolute Gasteiger partial charge is 0.459 e. The molecular formula is C21H19N3O4S. The highest BCUT2D eigenvalue weighted by atomic mass is 32.1. The van der Waals surface area contributed by atoms with E-state index in [1.54, 1.807) is 47.4 Å². The quantitative estimate of drug-likeness (QED) is 0.670. The summed E-state index contributed by atoms with van der Waals surface area (Å²) in [5, 5.41) is 7.43. The lowest BCUT2D eigenvalue weighted by atomic mass is 10.2. The molecule has 0 unspecified atom stereocenters. The summed E-state index contributed by atoms with van der Waals surface area (Å²) in [5.41, 5.74) is 1.07. The van der Waals surface area contributed by atoms with Crippen LogP contribution in [-0.2, 0) is 4.79 Å². The molecular weight excluding hydrogens is 390 g/mol. The van der Waals surface area contributed by atoms with Gasteiger partial charge in [-0.2, -0.15) is 0 Å². The first-order valence-corrected chi connectivity index (χ1v) is 10.1. The highest BCUT2D eigenvalue weighted by molar-refractivity contribution is 7.12. The Morgan fingerprint density at radius 3 is 2.59 bits per heavy atom. The minimum absolute atomic E-state index is 0.114. The number of anilines is 2. The van der Waals surface area contributed by atoms with Gasteiger partial charge >= 0.3 is 0 Å². The molecule has 148 valence electrons. The van der Waals surface area contributed by atoms with Gasteiger partial charge in [0.25, 0.3) is 11.8 Å². The van der Waals surface area contributed by atoms with E-state index < -0.39 is 6.04 Å². The maximum Gasteiger partial charge on any atom is 0.291 e. The molecule has 2 aromatic heterocycles. The first kappa shape index (κ1) is 18.9. The minimum atomic E-state index is -0.508. The Morgan fingerprint density at radius 2 is 1.86 bits per heavy atom. The molecule has 0 saturated carbocycles. The maximum atomic E-state index is 12.8. The fraction of sp³-hybridized carbons (Fsp3) is 0.190. The number of hydrogen-bond donors (Lipinski definition) is 2. The van der Waals surface area contributed by atoms with Crippen molar-refractivity contribution in [2.24, 2.45) is 0 Å². The van der Waals surface area contributed by atoms with Crippen molar-refractivity contribution in [1.82, 2.24) is 4.90 Å². The molecule has 7 nitrogen and oxygen atoms in total. The topological polar surface area (TPSA) is 91.7 Å². The SMILES string of the molecule is O=C(Nc1cccc(NC(=O)[C@@H]2CCCN2C(=O)c2cccs2)c1)c1ccco1. The molecule has 1 aliphatic rings. The summed E-state index contributed by atoms with van der Waals surface area (Å²) >= 11 is 1.37. The number of benzene rings is 1. The molecule has 0 radical (unpaired) electrons. The normalized spacial score (nSPS) is 15.9. The van der Waals surface area contributed by atoms with Crippen molar-refractivity contribution in [2.75, 3.05) is 17.2 Å². The summed E-state index contributed by atoms with van der Waals surface area (Å²) in [4.78, 5) is 39.9. The fourth-order valence-electron chi connectivity index (χ4n) is 3.32. The predicted molar refractivity (Wildman–Crippen MR) is 110 cm³/mol. The molecule has 1 atom stereocenters. The van der Waals surface area contributed by atoms with Crippen LogP contribution in [0.3, 0.4) is 0 Å². The number of thiophene rings is 1. The Labute approximate surface area is 171 Å². The summed E-state index contributed by atoms with van der Waals surface area (Å²) in [6.45, 7) is 0.564. The Bertz CT molecular complexity index is 1010. The molecule has 0 aliphatic carbocycles. The van der Waals surface area contributed by atoms with Crippen molar-refractivity contribution >= 4 is 40.4 Å².